The molecule has 1 saturated heterocycles. The van der Waals surface area contributed by atoms with E-state index < -0.39 is 0 Å². The molecule has 0 bridgehead atoms. The van der Waals surface area contributed by atoms with Gasteiger partial charge in [0.25, 0.3) is 0 Å². The summed E-state index contributed by atoms with van der Waals surface area (Å²) in [7, 11) is 0. The van der Waals surface area contributed by atoms with Crippen molar-refractivity contribution < 1.29 is 9.47 Å². The summed E-state index contributed by atoms with van der Waals surface area (Å²) in [6.45, 7) is 1.86. The quantitative estimate of drug-likeness (QED) is 0.756. The van der Waals surface area contributed by atoms with Gasteiger partial charge in [0.05, 0.1) is 13.2 Å². The van der Waals surface area contributed by atoms with Crippen LogP contribution in [0.15, 0.2) is 22.9 Å². The summed E-state index contributed by atoms with van der Waals surface area (Å²) in [5, 5.41) is 0. The van der Waals surface area contributed by atoms with Crippen LogP contribution in [0.25, 0.3) is 0 Å². The number of rotatable bonds is 1. The van der Waals surface area contributed by atoms with Gasteiger partial charge in [-0.15, -0.1) is 0 Å². The monoisotopic (exact) mass is 243 g/mol. The fourth-order valence-corrected chi connectivity index (χ4v) is 1.71. The Hall–Kier alpha value is -0.450. The average molecular weight is 244 g/mol. The van der Waals surface area contributed by atoms with Gasteiger partial charge in [-0.1, -0.05) is 0 Å². The Morgan fingerprint density at radius 2 is 2.08 bits per heavy atom. The number of hydrogen-bond donors (Lipinski definition) is 0. The summed E-state index contributed by atoms with van der Waals surface area (Å²) >= 11 is 3.38. The molecule has 2 heterocycles. The molecule has 0 atom stereocenters. The molecule has 0 radical (unpaired) electrons. The number of ether oxygens (including phenoxy) is 2. The first-order chi connectivity index (χ1) is 6.36. The molecule has 0 saturated carbocycles. The molecule has 2 rings (SSSR count). The van der Waals surface area contributed by atoms with Crippen molar-refractivity contribution in [3.63, 3.8) is 0 Å². The zero-order valence-electron chi connectivity index (χ0n) is 7.07. The normalized spacial score (nSPS) is 18.8. The SMILES string of the molecule is Brc1cncc(C2COCOC2)c1. The Morgan fingerprint density at radius 1 is 1.31 bits per heavy atom. The Balaban J connectivity index is 2.14. The Labute approximate surface area is 85.2 Å². The molecule has 1 aromatic rings. The predicted octanol–water partition coefficient (Wildman–Crippen LogP) is 1.93. The highest BCUT2D eigenvalue weighted by atomic mass is 79.9. The Bertz CT molecular complexity index is 287. The van der Waals surface area contributed by atoms with Gasteiger partial charge in [0, 0.05) is 22.8 Å². The van der Waals surface area contributed by atoms with Gasteiger partial charge < -0.3 is 9.47 Å². The fourth-order valence-electron chi connectivity index (χ4n) is 1.33. The van der Waals surface area contributed by atoms with Crippen molar-refractivity contribution in [2.45, 2.75) is 5.92 Å². The highest BCUT2D eigenvalue weighted by Crippen LogP contribution is 2.21. The molecule has 1 fully saturated rings. The van der Waals surface area contributed by atoms with Crippen molar-refractivity contribution >= 4 is 15.9 Å². The van der Waals surface area contributed by atoms with Crippen molar-refractivity contribution in [2.75, 3.05) is 20.0 Å². The van der Waals surface area contributed by atoms with Crippen LogP contribution in [0.4, 0.5) is 0 Å². The van der Waals surface area contributed by atoms with Gasteiger partial charge in [-0.2, -0.15) is 0 Å². The molecular formula is C9H10BrNO2. The highest BCUT2D eigenvalue weighted by Gasteiger charge is 2.16. The second-order valence-corrected chi connectivity index (χ2v) is 3.91. The lowest BCUT2D eigenvalue weighted by Gasteiger charge is -2.22. The number of aromatic nitrogens is 1. The standard InChI is InChI=1S/C9H10BrNO2/c10-9-1-7(2-11-3-9)8-4-12-6-13-5-8/h1-3,8H,4-6H2. The van der Waals surface area contributed by atoms with E-state index in [0.29, 0.717) is 12.7 Å². The minimum atomic E-state index is 0.318. The van der Waals surface area contributed by atoms with Gasteiger partial charge in [0.15, 0.2) is 0 Å². The van der Waals surface area contributed by atoms with Crippen LogP contribution in [0.1, 0.15) is 11.5 Å². The first kappa shape index (κ1) is 9.12. The minimum absolute atomic E-state index is 0.318. The lowest BCUT2D eigenvalue weighted by molar-refractivity contribution is -0.108. The molecule has 0 aliphatic carbocycles. The van der Waals surface area contributed by atoms with Gasteiger partial charge >= 0.3 is 0 Å². The molecule has 1 aliphatic rings. The topological polar surface area (TPSA) is 31.4 Å². The van der Waals surface area contributed by atoms with Crippen LogP contribution in [0.3, 0.4) is 0 Å². The van der Waals surface area contributed by atoms with Crippen LogP contribution in [0.2, 0.25) is 0 Å². The molecule has 0 amide bonds. The van der Waals surface area contributed by atoms with Gasteiger partial charge in [0.1, 0.15) is 6.79 Å². The molecule has 0 spiro atoms. The number of hydrogen-bond acceptors (Lipinski definition) is 3. The molecule has 4 heteroatoms. The van der Waals surface area contributed by atoms with E-state index >= 15 is 0 Å². The Morgan fingerprint density at radius 3 is 2.77 bits per heavy atom. The molecule has 1 aromatic heterocycles. The van der Waals surface area contributed by atoms with E-state index in [1.165, 1.54) is 0 Å². The first-order valence-electron chi connectivity index (χ1n) is 4.12. The fraction of sp³-hybridized carbons (Fsp3) is 0.444. The molecule has 1 aliphatic heterocycles. The van der Waals surface area contributed by atoms with Crippen molar-refractivity contribution in [1.82, 2.24) is 4.98 Å². The number of pyridine rings is 1. The first-order valence-corrected chi connectivity index (χ1v) is 4.91. The summed E-state index contributed by atoms with van der Waals surface area (Å²) < 4.78 is 11.4. The largest absolute Gasteiger partial charge is 0.355 e. The smallest absolute Gasteiger partial charge is 0.146 e. The van der Waals surface area contributed by atoms with Crippen molar-refractivity contribution in [2.24, 2.45) is 0 Å². The van der Waals surface area contributed by atoms with Crippen LogP contribution in [-0.2, 0) is 9.47 Å². The minimum Gasteiger partial charge on any atom is -0.355 e. The second kappa shape index (κ2) is 4.17. The third-order valence-corrected chi connectivity index (χ3v) is 2.44. The van der Waals surface area contributed by atoms with Gasteiger partial charge in [-0.05, 0) is 27.6 Å². The molecule has 70 valence electrons. The van der Waals surface area contributed by atoms with Crippen LogP contribution in [0, 0.1) is 0 Å². The van der Waals surface area contributed by atoms with Crippen LogP contribution in [-0.4, -0.2) is 25.0 Å². The van der Waals surface area contributed by atoms with Crippen molar-refractivity contribution in [3.05, 3.63) is 28.5 Å². The van der Waals surface area contributed by atoms with Gasteiger partial charge in [0.2, 0.25) is 0 Å². The van der Waals surface area contributed by atoms with Crippen molar-refractivity contribution in [1.29, 1.82) is 0 Å². The molecule has 13 heavy (non-hydrogen) atoms. The maximum Gasteiger partial charge on any atom is 0.146 e. The summed E-state index contributed by atoms with van der Waals surface area (Å²) in [6.07, 6.45) is 3.63. The van der Waals surface area contributed by atoms with Crippen LogP contribution in [0.5, 0.6) is 0 Å². The molecule has 0 unspecified atom stereocenters. The molecule has 0 N–H and O–H groups in total. The third kappa shape index (κ3) is 2.27. The maximum absolute atomic E-state index is 5.21. The van der Waals surface area contributed by atoms with E-state index in [9.17, 15) is 0 Å². The summed E-state index contributed by atoms with van der Waals surface area (Å²) in [6, 6.07) is 2.05. The molecular weight excluding hydrogens is 234 g/mol. The van der Waals surface area contributed by atoms with E-state index in [2.05, 4.69) is 27.0 Å². The average Bonchev–Trinajstić information content (AvgIpc) is 2.19. The zero-order chi connectivity index (χ0) is 9.10. The predicted molar refractivity (Wildman–Crippen MR) is 51.4 cm³/mol. The molecule has 3 nitrogen and oxygen atoms in total. The second-order valence-electron chi connectivity index (χ2n) is 2.99. The highest BCUT2D eigenvalue weighted by molar-refractivity contribution is 9.10. The van der Waals surface area contributed by atoms with Gasteiger partial charge in [-0.25, -0.2) is 0 Å². The summed E-state index contributed by atoms with van der Waals surface area (Å²) in [4.78, 5) is 4.10. The number of halogens is 1. The lowest BCUT2D eigenvalue weighted by atomic mass is 10.0. The zero-order valence-corrected chi connectivity index (χ0v) is 8.66. The maximum atomic E-state index is 5.21. The number of nitrogens with zero attached hydrogens (tertiary/aromatic N) is 1. The lowest BCUT2D eigenvalue weighted by Crippen LogP contribution is -2.22. The van der Waals surface area contributed by atoms with Gasteiger partial charge in [-0.3, -0.25) is 4.98 Å². The third-order valence-electron chi connectivity index (χ3n) is 2.00. The van der Waals surface area contributed by atoms with Crippen molar-refractivity contribution in [3.8, 4) is 0 Å². The Kier molecular flexibility index (Phi) is 2.93. The summed E-state index contributed by atoms with van der Waals surface area (Å²) in [5.74, 6) is 0.318. The van der Waals surface area contributed by atoms with E-state index in [1.807, 2.05) is 6.20 Å². The van der Waals surface area contributed by atoms with E-state index in [-0.39, 0.29) is 0 Å². The van der Waals surface area contributed by atoms with Crippen LogP contribution >= 0.6 is 15.9 Å². The van der Waals surface area contributed by atoms with E-state index in [1.54, 1.807) is 6.20 Å². The summed E-state index contributed by atoms with van der Waals surface area (Å²) in [5.41, 5.74) is 1.16. The van der Waals surface area contributed by atoms with Crippen LogP contribution < -0.4 is 0 Å². The van der Waals surface area contributed by atoms with E-state index in [0.717, 1.165) is 23.2 Å². The van der Waals surface area contributed by atoms with E-state index in [4.69, 9.17) is 9.47 Å². The molecule has 0 aromatic carbocycles.